The molecule has 1 fully saturated rings. The molecule has 2 atom stereocenters. The van der Waals surface area contributed by atoms with Crippen LogP contribution in [0.2, 0.25) is 10.0 Å². The molecule has 0 bridgehead atoms. The van der Waals surface area contributed by atoms with Gasteiger partial charge in [-0.05, 0) is 30.3 Å². The average molecular weight is 436 g/mol. The topological polar surface area (TPSA) is 94.4 Å². The van der Waals surface area contributed by atoms with E-state index in [9.17, 15) is 18.8 Å². The molecule has 3 amide bonds. The van der Waals surface area contributed by atoms with Gasteiger partial charge in [0.1, 0.15) is 12.4 Å². The lowest BCUT2D eigenvalue weighted by Crippen LogP contribution is -2.43. The van der Waals surface area contributed by atoms with E-state index in [0.29, 0.717) is 0 Å². The highest BCUT2D eigenvalue weighted by atomic mass is 35.5. The first-order valence-corrected chi connectivity index (χ1v) is 9.17. The van der Waals surface area contributed by atoms with Crippen LogP contribution in [0.1, 0.15) is 0 Å². The molecule has 0 aliphatic carbocycles. The first-order valence-electron chi connectivity index (χ1n) is 8.41. The number of hydrogen-bond donors (Lipinski definition) is 1. The van der Waals surface area contributed by atoms with E-state index in [-0.39, 0.29) is 28.0 Å². The molecule has 2 aliphatic rings. The third-order valence-electron chi connectivity index (χ3n) is 4.43. The van der Waals surface area contributed by atoms with Crippen LogP contribution >= 0.6 is 23.2 Å². The number of nitrogens with one attached hydrogen (secondary N) is 1. The van der Waals surface area contributed by atoms with Crippen molar-refractivity contribution in [3.05, 3.63) is 58.3 Å². The van der Waals surface area contributed by atoms with Gasteiger partial charge < -0.3 is 5.32 Å². The van der Waals surface area contributed by atoms with Gasteiger partial charge in [-0.15, -0.1) is 0 Å². The van der Waals surface area contributed by atoms with Crippen LogP contribution in [0.5, 0.6) is 0 Å². The van der Waals surface area contributed by atoms with E-state index >= 15 is 0 Å². The van der Waals surface area contributed by atoms with Gasteiger partial charge in [-0.1, -0.05) is 40.6 Å². The number of para-hydroxylation sites is 1. The van der Waals surface area contributed by atoms with Crippen molar-refractivity contribution in [2.24, 2.45) is 10.3 Å². The van der Waals surface area contributed by atoms with Crippen molar-refractivity contribution >= 4 is 52.3 Å². The van der Waals surface area contributed by atoms with Gasteiger partial charge in [0.25, 0.3) is 11.8 Å². The van der Waals surface area contributed by atoms with Crippen LogP contribution < -0.4 is 10.2 Å². The van der Waals surface area contributed by atoms with Crippen molar-refractivity contribution in [3.63, 3.8) is 0 Å². The molecule has 11 heteroatoms. The maximum absolute atomic E-state index is 13.3. The number of hydrogen-bond acceptors (Lipinski definition) is 6. The van der Waals surface area contributed by atoms with Crippen LogP contribution in [0.3, 0.4) is 0 Å². The Balaban J connectivity index is 1.53. The minimum atomic E-state index is -1.10. The lowest BCUT2D eigenvalue weighted by Gasteiger charge is -2.21. The molecule has 0 aromatic heterocycles. The van der Waals surface area contributed by atoms with Gasteiger partial charge in [0.2, 0.25) is 5.91 Å². The number of imide groups is 1. The SMILES string of the molecule is O=C(CN1N=N[C@H]2C(=O)N(c3c(Cl)cccc3Cl)C(=O)[C@@H]21)Nc1cccc(F)c1. The van der Waals surface area contributed by atoms with E-state index in [1.165, 1.54) is 30.3 Å². The molecule has 2 aromatic carbocycles. The zero-order valence-corrected chi connectivity index (χ0v) is 16.1. The fourth-order valence-corrected chi connectivity index (χ4v) is 3.76. The number of halogens is 3. The Hall–Kier alpha value is -3.04. The molecule has 29 heavy (non-hydrogen) atoms. The quantitative estimate of drug-likeness (QED) is 0.746. The predicted molar refractivity (Wildman–Crippen MR) is 103 cm³/mol. The molecule has 1 saturated heterocycles. The molecular weight excluding hydrogens is 424 g/mol. The molecule has 0 saturated carbocycles. The largest absolute Gasteiger partial charge is 0.324 e. The number of rotatable bonds is 4. The Morgan fingerprint density at radius 2 is 1.79 bits per heavy atom. The second-order valence-electron chi connectivity index (χ2n) is 6.33. The molecule has 0 spiro atoms. The molecule has 0 unspecified atom stereocenters. The van der Waals surface area contributed by atoms with E-state index in [1.807, 2.05) is 0 Å². The summed E-state index contributed by atoms with van der Waals surface area (Å²) in [7, 11) is 0. The summed E-state index contributed by atoms with van der Waals surface area (Å²) in [6.07, 6.45) is 0. The number of benzene rings is 2. The third-order valence-corrected chi connectivity index (χ3v) is 5.04. The molecule has 0 radical (unpaired) electrons. The highest BCUT2D eigenvalue weighted by Crippen LogP contribution is 2.39. The zero-order chi connectivity index (χ0) is 20.7. The van der Waals surface area contributed by atoms with Crippen LogP contribution in [0, 0.1) is 5.82 Å². The minimum absolute atomic E-state index is 0.0691. The van der Waals surface area contributed by atoms with E-state index < -0.39 is 35.6 Å². The van der Waals surface area contributed by atoms with Crippen molar-refractivity contribution in [1.82, 2.24) is 5.01 Å². The van der Waals surface area contributed by atoms with Crippen LogP contribution in [0.15, 0.2) is 52.8 Å². The fraction of sp³-hybridized carbons (Fsp3) is 0.167. The second-order valence-corrected chi connectivity index (χ2v) is 7.15. The summed E-state index contributed by atoms with van der Waals surface area (Å²) < 4.78 is 13.3. The van der Waals surface area contributed by atoms with Crippen molar-refractivity contribution in [2.45, 2.75) is 12.1 Å². The maximum Gasteiger partial charge on any atom is 0.263 e. The monoisotopic (exact) mass is 435 g/mol. The van der Waals surface area contributed by atoms with E-state index in [0.717, 1.165) is 16.0 Å². The van der Waals surface area contributed by atoms with E-state index in [4.69, 9.17) is 23.2 Å². The minimum Gasteiger partial charge on any atom is -0.324 e. The summed E-state index contributed by atoms with van der Waals surface area (Å²) in [5.74, 6) is -2.33. The lowest BCUT2D eigenvalue weighted by molar-refractivity contribution is -0.123. The van der Waals surface area contributed by atoms with Crippen LogP contribution in [-0.2, 0) is 14.4 Å². The van der Waals surface area contributed by atoms with Gasteiger partial charge in [-0.3, -0.25) is 19.4 Å². The summed E-state index contributed by atoms with van der Waals surface area (Å²) in [5, 5.41) is 11.5. The van der Waals surface area contributed by atoms with Gasteiger partial charge in [0.15, 0.2) is 12.1 Å². The first kappa shape index (κ1) is 19.3. The normalized spacial score (nSPS) is 20.4. The number of anilines is 2. The summed E-state index contributed by atoms with van der Waals surface area (Å²) in [4.78, 5) is 38.8. The summed E-state index contributed by atoms with van der Waals surface area (Å²) in [6, 6.07) is 7.75. The summed E-state index contributed by atoms with van der Waals surface area (Å²) in [6.45, 7) is -0.357. The predicted octanol–water partition coefficient (Wildman–Crippen LogP) is 3.06. The number of nitrogens with zero attached hydrogens (tertiary/aromatic N) is 4. The van der Waals surface area contributed by atoms with Crippen LogP contribution in [0.25, 0.3) is 0 Å². The molecule has 1 N–H and O–H groups in total. The first-order chi connectivity index (χ1) is 13.9. The van der Waals surface area contributed by atoms with Gasteiger partial charge in [-0.2, -0.15) is 5.11 Å². The van der Waals surface area contributed by atoms with Crippen molar-refractivity contribution in [3.8, 4) is 0 Å². The van der Waals surface area contributed by atoms with Crippen molar-refractivity contribution in [2.75, 3.05) is 16.8 Å². The van der Waals surface area contributed by atoms with Gasteiger partial charge >= 0.3 is 0 Å². The third kappa shape index (κ3) is 3.43. The smallest absolute Gasteiger partial charge is 0.263 e. The Bertz CT molecular complexity index is 1040. The number of amides is 3. The molecule has 4 rings (SSSR count). The standard InChI is InChI=1S/C18H12Cl2FN5O3/c19-11-5-2-6-12(20)15(11)26-17(28)14-16(18(26)29)25(24-23-14)8-13(27)22-10-4-1-3-9(21)7-10/h1-7,14,16H,8H2,(H,22,27)/t14-,16-/m1/s1. The van der Waals surface area contributed by atoms with Crippen molar-refractivity contribution in [1.29, 1.82) is 0 Å². The highest BCUT2D eigenvalue weighted by molar-refractivity contribution is 6.42. The van der Waals surface area contributed by atoms with Crippen LogP contribution in [-0.4, -0.2) is 41.4 Å². The van der Waals surface area contributed by atoms with Crippen LogP contribution in [0.4, 0.5) is 15.8 Å². The summed E-state index contributed by atoms with van der Waals surface area (Å²) in [5.41, 5.74) is 0.320. The average Bonchev–Trinajstić information content (AvgIpc) is 3.17. The molecule has 2 aliphatic heterocycles. The van der Waals surface area contributed by atoms with Gasteiger partial charge in [0.05, 0.1) is 15.7 Å². The molecule has 8 nitrogen and oxygen atoms in total. The molecule has 148 valence electrons. The molecule has 2 aromatic rings. The molecule has 2 heterocycles. The Kier molecular flexibility index (Phi) is 4.93. The highest BCUT2D eigenvalue weighted by Gasteiger charge is 2.55. The maximum atomic E-state index is 13.3. The van der Waals surface area contributed by atoms with Gasteiger partial charge in [-0.25, -0.2) is 9.29 Å². The zero-order valence-electron chi connectivity index (χ0n) is 14.6. The summed E-state index contributed by atoms with van der Waals surface area (Å²) >= 11 is 12.3. The Morgan fingerprint density at radius 1 is 1.10 bits per heavy atom. The van der Waals surface area contributed by atoms with Crippen molar-refractivity contribution < 1.29 is 18.8 Å². The number of fused-ring (bicyclic) bond motifs is 1. The Labute approximate surface area is 173 Å². The number of carbonyl (C=O) groups excluding carboxylic acids is 3. The lowest BCUT2D eigenvalue weighted by atomic mass is 10.1. The fourth-order valence-electron chi connectivity index (χ4n) is 3.19. The second kappa shape index (κ2) is 7.41. The number of carbonyl (C=O) groups is 3. The van der Waals surface area contributed by atoms with Gasteiger partial charge in [0, 0.05) is 5.69 Å². The van der Waals surface area contributed by atoms with E-state index in [2.05, 4.69) is 15.7 Å². The van der Waals surface area contributed by atoms with E-state index in [1.54, 1.807) is 6.07 Å². The molecular formula is C18H12Cl2FN5O3. The Morgan fingerprint density at radius 3 is 2.48 bits per heavy atom.